The largest absolute Gasteiger partial charge is 0.478 e. The lowest BCUT2D eigenvalue weighted by atomic mass is 9.93. The molecule has 6 nitrogen and oxygen atoms in total. The lowest BCUT2D eigenvalue weighted by Gasteiger charge is -2.36. The molecule has 0 bridgehead atoms. The second-order valence-corrected chi connectivity index (χ2v) is 8.65. The minimum absolute atomic E-state index is 0.0754. The van der Waals surface area contributed by atoms with Crippen molar-refractivity contribution in [3.05, 3.63) is 70.4 Å². The molecule has 1 aliphatic rings. The van der Waals surface area contributed by atoms with Gasteiger partial charge in [-0.05, 0) is 43.0 Å². The third-order valence-corrected chi connectivity index (χ3v) is 5.90. The van der Waals surface area contributed by atoms with E-state index in [1.807, 2.05) is 24.3 Å². The quantitative estimate of drug-likeness (QED) is 0.494. The molecule has 168 valence electrons. The zero-order chi connectivity index (χ0) is 23.5. The topological polar surface area (TPSA) is 90.2 Å². The first kappa shape index (κ1) is 23.5. The summed E-state index contributed by atoms with van der Waals surface area (Å²) < 4.78 is 0. The highest BCUT2D eigenvalue weighted by Gasteiger charge is 2.38. The number of halogens is 1. The van der Waals surface area contributed by atoms with Gasteiger partial charge in [-0.25, -0.2) is 9.59 Å². The van der Waals surface area contributed by atoms with E-state index in [4.69, 9.17) is 16.6 Å². The first-order valence-electron chi connectivity index (χ1n) is 10.6. The van der Waals surface area contributed by atoms with Crippen molar-refractivity contribution in [1.82, 2.24) is 4.90 Å². The summed E-state index contributed by atoms with van der Waals surface area (Å²) in [4.78, 5) is 29.9. The van der Waals surface area contributed by atoms with E-state index in [-0.39, 0.29) is 16.3 Å². The molecule has 0 radical (unpaired) electrons. The molecule has 1 heterocycles. The summed E-state index contributed by atoms with van der Waals surface area (Å²) in [5.74, 6) is -1.29. The number of aromatic carboxylic acids is 1. The van der Waals surface area contributed by atoms with Gasteiger partial charge in [0.05, 0.1) is 23.2 Å². The van der Waals surface area contributed by atoms with Gasteiger partial charge in [0.25, 0.3) is 0 Å². The Hall–Kier alpha value is -3.12. The van der Waals surface area contributed by atoms with Crippen molar-refractivity contribution in [2.45, 2.75) is 52.1 Å². The Balaban J connectivity index is 1.94. The van der Waals surface area contributed by atoms with Crippen LogP contribution in [0.4, 0.5) is 0 Å². The summed E-state index contributed by atoms with van der Waals surface area (Å²) >= 11 is 6.61. The molecule has 1 aliphatic heterocycles. The second kappa shape index (κ2) is 9.57. The standard InChI is InChI=1S/C25H27ClN2O4/c1-4-5-10-20-27-25(2,3)21(24(31)32)22(26)28(20)15-16-11-13-17(14-12-16)18-8-6-7-9-19(18)23(29)30/h6-9,11-14H,4-5,10,15H2,1-3H3,(H,29,30)(H,31,32). The summed E-state index contributed by atoms with van der Waals surface area (Å²) in [5, 5.41) is 19.4. The molecule has 2 N–H and O–H groups in total. The average molecular weight is 455 g/mol. The first-order chi connectivity index (χ1) is 15.2. The van der Waals surface area contributed by atoms with Gasteiger partial charge in [0, 0.05) is 6.42 Å². The molecule has 0 fully saturated rings. The Kier molecular flexibility index (Phi) is 7.04. The minimum atomic E-state index is -1.08. The summed E-state index contributed by atoms with van der Waals surface area (Å²) in [5.41, 5.74) is 1.75. The number of hydrogen-bond donors (Lipinski definition) is 2. The third kappa shape index (κ3) is 4.86. The number of carbonyl (C=O) groups is 2. The number of aliphatic imine (C=N–C) groups is 1. The van der Waals surface area contributed by atoms with E-state index in [0.717, 1.165) is 29.8 Å². The molecule has 3 rings (SSSR count). The van der Waals surface area contributed by atoms with Crippen molar-refractivity contribution < 1.29 is 19.8 Å². The van der Waals surface area contributed by atoms with E-state index in [1.54, 1.807) is 43.0 Å². The predicted octanol–water partition coefficient (Wildman–Crippen LogP) is 5.77. The molecule has 7 heteroatoms. The molecule has 0 saturated carbocycles. The van der Waals surface area contributed by atoms with E-state index >= 15 is 0 Å². The van der Waals surface area contributed by atoms with Gasteiger partial charge in [-0.1, -0.05) is 67.4 Å². The Morgan fingerprint density at radius 2 is 1.69 bits per heavy atom. The maximum atomic E-state index is 11.9. The highest BCUT2D eigenvalue weighted by molar-refractivity contribution is 6.33. The SMILES string of the molecule is CCCCC1=NC(C)(C)C(C(=O)O)=C(Cl)N1Cc1ccc(-c2ccccc2C(=O)O)cc1. The van der Waals surface area contributed by atoms with Crippen LogP contribution in [0.25, 0.3) is 11.1 Å². The molecule has 32 heavy (non-hydrogen) atoms. The average Bonchev–Trinajstić information content (AvgIpc) is 2.74. The van der Waals surface area contributed by atoms with Crippen LogP contribution >= 0.6 is 11.6 Å². The summed E-state index contributed by atoms with van der Waals surface area (Å²) in [6, 6.07) is 14.4. The third-order valence-electron chi connectivity index (χ3n) is 5.51. The Morgan fingerprint density at radius 1 is 1.03 bits per heavy atom. The molecule has 2 aromatic rings. The van der Waals surface area contributed by atoms with Gasteiger partial charge in [0.15, 0.2) is 0 Å². The van der Waals surface area contributed by atoms with Gasteiger partial charge in [-0.15, -0.1) is 0 Å². The van der Waals surface area contributed by atoms with Crippen molar-refractivity contribution in [2.24, 2.45) is 4.99 Å². The number of amidine groups is 1. The number of hydrogen-bond acceptors (Lipinski definition) is 4. The summed E-state index contributed by atoms with van der Waals surface area (Å²) in [7, 11) is 0. The van der Waals surface area contributed by atoms with Gasteiger partial charge in [-0.3, -0.25) is 4.99 Å². The minimum Gasteiger partial charge on any atom is -0.478 e. The van der Waals surface area contributed by atoms with Crippen LogP contribution in [0.1, 0.15) is 56.0 Å². The lowest BCUT2D eigenvalue weighted by Crippen LogP contribution is -2.41. The Labute approximate surface area is 192 Å². The Bertz CT molecular complexity index is 1090. The lowest BCUT2D eigenvalue weighted by molar-refractivity contribution is -0.133. The fourth-order valence-electron chi connectivity index (χ4n) is 3.87. The van der Waals surface area contributed by atoms with Crippen LogP contribution < -0.4 is 0 Å². The van der Waals surface area contributed by atoms with Gasteiger partial charge in [-0.2, -0.15) is 0 Å². The van der Waals surface area contributed by atoms with Crippen LogP contribution in [0.5, 0.6) is 0 Å². The van der Waals surface area contributed by atoms with E-state index < -0.39 is 17.5 Å². The smallest absolute Gasteiger partial charge is 0.337 e. The van der Waals surface area contributed by atoms with Crippen molar-refractivity contribution in [1.29, 1.82) is 0 Å². The summed E-state index contributed by atoms with van der Waals surface area (Å²) in [6.07, 6.45) is 2.61. The maximum Gasteiger partial charge on any atom is 0.337 e. The Morgan fingerprint density at radius 3 is 2.28 bits per heavy atom. The molecular weight excluding hydrogens is 428 g/mol. The highest BCUT2D eigenvalue weighted by Crippen LogP contribution is 2.35. The van der Waals surface area contributed by atoms with Crippen LogP contribution in [0, 0.1) is 0 Å². The predicted molar refractivity (Wildman–Crippen MR) is 126 cm³/mol. The molecule has 0 saturated heterocycles. The fourth-order valence-corrected chi connectivity index (χ4v) is 4.34. The van der Waals surface area contributed by atoms with E-state index in [1.165, 1.54) is 0 Å². The molecule has 0 unspecified atom stereocenters. The van der Waals surface area contributed by atoms with Gasteiger partial charge >= 0.3 is 11.9 Å². The molecule has 0 aliphatic carbocycles. The monoisotopic (exact) mass is 454 g/mol. The van der Waals surface area contributed by atoms with E-state index in [0.29, 0.717) is 18.5 Å². The van der Waals surface area contributed by atoms with E-state index in [9.17, 15) is 19.8 Å². The maximum absolute atomic E-state index is 11.9. The van der Waals surface area contributed by atoms with Crippen molar-refractivity contribution >= 4 is 29.4 Å². The van der Waals surface area contributed by atoms with Crippen LogP contribution in [0.15, 0.2) is 64.3 Å². The van der Waals surface area contributed by atoms with Crippen LogP contribution in [-0.2, 0) is 11.3 Å². The number of benzene rings is 2. The van der Waals surface area contributed by atoms with Crippen molar-refractivity contribution in [3.8, 4) is 11.1 Å². The van der Waals surface area contributed by atoms with Crippen molar-refractivity contribution in [3.63, 3.8) is 0 Å². The van der Waals surface area contributed by atoms with E-state index in [2.05, 4.69) is 6.92 Å². The molecular formula is C25H27ClN2O4. The van der Waals surface area contributed by atoms with Crippen LogP contribution in [-0.4, -0.2) is 38.4 Å². The number of aliphatic carboxylic acids is 1. The molecule has 0 aromatic heterocycles. The zero-order valence-electron chi connectivity index (χ0n) is 18.4. The number of unbranched alkanes of at least 4 members (excludes halogenated alkanes) is 1. The number of carboxylic acid groups (broad SMARTS) is 2. The number of rotatable bonds is 8. The number of carboxylic acids is 2. The second-order valence-electron chi connectivity index (χ2n) is 8.30. The molecule has 0 amide bonds. The van der Waals surface area contributed by atoms with Gasteiger partial charge in [0.2, 0.25) is 0 Å². The summed E-state index contributed by atoms with van der Waals surface area (Å²) in [6.45, 7) is 5.98. The van der Waals surface area contributed by atoms with Gasteiger partial charge in [0.1, 0.15) is 11.0 Å². The molecule has 0 atom stereocenters. The van der Waals surface area contributed by atoms with Crippen molar-refractivity contribution in [2.75, 3.05) is 0 Å². The van der Waals surface area contributed by atoms with Gasteiger partial charge < -0.3 is 15.1 Å². The normalized spacial score (nSPS) is 15.5. The zero-order valence-corrected chi connectivity index (χ0v) is 19.2. The fraction of sp³-hybridized carbons (Fsp3) is 0.320. The van der Waals surface area contributed by atoms with Crippen LogP contribution in [0.3, 0.4) is 0 Å². The van der Waals surface area contributed by atoms with Crippen LogP contribution in [0.2, 0.25) is 0 Å². The molecule has 0 spiro atoms. The number of nitrogens with zero attached hydrogens (tertiary/aromatic N) is 2. The molecule has 2 aromatic carbocycles. The first-order valence-corrected chi connectivity index (χ1v) is 10.9. The highest BCUT2D eigenvalue weighted by atomic mass is 35.5.